The van der Waals surface area contributed by atoms with E-state index in [1.54, 1.807) is 55.1 Å². The van der Waals surface area contributed by atoms with Gasteiger partial charge < -0.3 is 4.42 Å². The number of benzene rings is 1. The summed E-state index contributed by atoms with van der Waals surface area (Å²) < 4.78 is 6.98. The third kappa shape index (κ3) is 3.19. The van der Waals surface area contributed by atoms with Crippen LogP contribution in [0.15, 0.2) is 53.2 Å². The number of nitrogens with zero attached hydrogens (tertiary/aromatic N) is 2. The third-order valence-electron chi connectivity index (χ3n) is 3.47. The van der Waals surface area contributed by atoms with Gasteiger partial charge in [0.2, 0.25) is 0 Å². The van der Waals surface area contributed by atoms with Gasteiger partial charge in [-0.25, -0.2) is 4.68 Å². The van der Waals surface area contributed by atoms with Gasteiger partial charge in [0, 0.05) is 18.0 Å². The van der Waals surface area contributed by atoms with Gasteiger partial charge in [-0.05, 0) is 50.2 Å². The smallest absolute Gasteiger partial charge is 0.273 e. The molecule has 2 heterocycles. The molecular weight excluding hydrogens is 308 g/mol. The van der Waals surface area contributed by atoms with Crippen molar-refractivity contribution < 1.29 is 14.0 Å². The summed E-state index contributed by atoms with van der Waals surface area (Å²) in [5.41, 5.74) is 6.41. The van der Waals surface area contributed by atoms with Crippen molar-refractivity contribution in [2.75, 3.05) is 0 Å². The first-order valence-electron chi connectivity index (χ1n) is 7.32. The van der Waals surface area contributed by atoms with Crippen molar-refractivity contribution in [2.45, 2.75) is 13.8 Å². The molecule has 2 aromatic heterocycles. The number of aryl methyl sites for hydroxylation is 2. The van der Waals surface area contributed by atoms with Crippen LogP contribution in [0.3, 0.4) is 0 Å². The highest BCUT2D eigenvalue weighted by molar-refractivity contribution is 5.99. The highest BCUT2D eigenvalue weighted by Crippen LogP contribution is 2.13. The lowest BCUT2D eigenvalue weighted by molar-refractivity contribution is 0.0845. The summed E-state index contributed by atoms with van der Waals surface area (Å²) in [6.45, 7) is 3.45. The van der Waals surface area contributed by atoms with Crippen LogP contribution in [0.2, 0.25) is 0 Å². The van der Waals surface area contributed by atoms with Gasteiger partial charge in [-0.1, -0.05) is 0 Å². The van der Waals surface area contributed by atoms with Crippen molar-refractivity contribution >= 4 is 11.8 Å². The lowest BCUT2D eigenvalue weighted by Crippen LogP contribution is -2.41. The molecule has 0 spiro atoms. The molecule has 0 saturated carbocycles. The minimum Gasteiger partial charge on any atom is -0.466 e. The predicted octanol–water partition coefficient (Wildman–Crippen LogP) is 2.16. The molecule has 7 nitrogen and oxygen atoms in total. The number of nitrogens with one attached hydrogen (secondary N) is 2. The normalized spacial score (nSPS) is 10.4. The molecule has 0 saturated heterocycles. The minimum absolute atomic E-state index is 0.391. The van der Waals surface area contributed by atoms with Gasteiger partial charge in [-0.2, -0.15) is 5.10 Å². The van der Waals surface area contributed by atoms with Crippen LogP contribution < -0.4 is 10.9 Å². The Morgan fingerprint density at radius 2 is 1.79 bits per heavy atom. The maximum atomic E-state index is 12.1. The Labute approximate surface area is 138 Å². The number of carbonyl (C=O) groups is 2. The fourth-order valence-corrected chi connectivity index (χ4v) is 2.30. The maximum Gasteiger partial charge on any atom is 0.273 e. The van der Waals surface area contributed by atoms with E-state index in [4.69, 9.17) is 4.42 Å². The van der Waals surface area contributed by atoms with Crippen LogP contribution in [0.4, 0.5) is 0 Å². The van der Waals surface area contributed by atoms with E-state index >= 15 is 0 Å². The van der Waals surface area contributed by atoms with E-state index in [9.17, 15) is 9.59 Å². The van der Waals surface area contributed by atoms with Crippen LogP contribution in [-0.4, -0.2) is 21.6 Å². The summed E-state index contributed by atoms with van der Waals surface area (Å²) in [6, 6.07) is 10.3. The van der Waals surface area contributed by atoms with Crippen molar-refractivity contribution in [3.8, 4) is 5.69 Å². The average molecular weight is 324 g/mol. The quantitative estimate of drug-likeness (QED) is 0.723. The van der Waals surface area contributed by atoms with E-state index in [2.05, 4.69) is 16.0 Å². The topological polar surface area (TPSA) is 89.2 Å². The fourth-order valence-electron chi connectivity index (χ4n) is 2.30. The molecule has 7 heteroatoms. The molecule has 0 fully saturated rings. The molecule has 0 atom stereocenters. The van der Waals surface area contributed by atoms with E-state index < -0.39 is 11.8 Å². The second kappa shape index (κ2) is 6.41. The van der Waals surface area contributed by atoms with E-state index in [-0.39, 0.29) is 0 Å². The fraction of sp³-hybridized carbons (Fsp3) is 0.118. The number of hydrogen-bond acceptors (Lipinski definition) is 4. The highest BCUT2D eigenvalue weighted by atomic mass is 16.3. The molecule has 0 aliphatic carbocycles. The van der Waals surface area contributed by atoms with Gasteiger partial charge in [0.1, 0.15) is 11.5 Å². The predicted molar refractivity (Wildman–Crippen MR) is 86.7 cm³/mol. The lowest BCUT2D eigenvalue weighted by Gasteiger charge is -2.07. The average Bonchev–Trinajstić information content (AvgIpc) is 3.22. The Kier molecular flexibility index (Phi) is 4.15. The molecule has 0 radical (unpaired) electrons. The second-order valence-corrected chi connectivity index (χ2v) is 5.23. The summed E-state index contributed by atoms with van der Waals surface area (Å²) in [6.07, 6.45) is 3.49. The molecule has 24 heavy (non-hydrogen) atoms. The summed E-state index contributed by atoms with van der Waals surface area (Å²) in [5.74, 6) is 0.306. The third-order valence-corrected chi connectivity index (χ3v) is 3.47. The zero-order chi connectivity index (χ0) is 17.1. The van der Waals surface area contributed by atoms with E-state index in [1.807, 2.05) is 12.3 Å². The maximum absolute atomic E-state index is 12.1. The standard InChI is InChI=1S/C17H16N4O3/c1-11-10-15(12(2)24-11)17(23)20-19-16(22)13-4-6-14(7-5-13)21-9-3-8-18-21/h3-10H,1-2H3,(H,19,22)(H,20,23). The lowest BCUT2D eigenvalue weighted by atomic mass is 10.2. The van der Waals surface area contributed by atoms with Crippen molar-refractivity contribution in [3.63, 3.8) is 0 Å². The summed E-state index contributed by atoms with van der Waals surface area (Å²) in [5, 5.41) is 4.11. The molecule has 0 aliphatic heterocycles. The van der Waals surface area contributed by atoms with Crippen LogP contribution >= 0.6 is 0 Å². The Hall–Kier alpha value is -3.35. The first-order chi connectivity index (χ1) is 11.5. The van der Waals surface area contributed by atoms with Crippen LogP contribution in [0.1, 0.15) is 32.2 Å². The van der Waals surface area contributed by atoms with Gasteiger partial charge in [-0.3, -0.25) is 20.4 Å². The molecule has 2 N–H and O–H groups in total. The number of hydrogen-bond donors (Lipinski definition) is 2. The molecule has 0 unspecified atom stereocenters. The molecular formula is C17H16N4O3. The van der Waals surface area contributed by atoms with Crippen LogP contribution in [0.25, 0.3) is 5.69 Å². The van der Waals surface area contributed by atoms with Gasteiger partial charge in [-0.15, -0.1) is 0 Å². The van der Waals surface area contributed by atoms with E-state index in [0.29, 0.717) is 22.6 Å². The molecule has 3 aromatic rings. The Bertz CT molecular complexity index is 864. The summed E-state index contributed by atoms with van der Waals surface area (Å²) in [7, 11) is 0. The first kappa shape index (κ1) is 15.5. The van der Waals surface area contributed by atoms with Crippen molar-refractivity contribution in [1.82, 2.24) is 20.6 Å². The molecule has 122 valence electrons. The van der Waals surface area contributed by atoms with Crippen molar-refractivity contribution in [3.05, 3.63) is 71.4 Å². The number of furan rings is 1. The Balaban J connectivity index is 1.63. The second-order valence-electron chi connectivity index (χ2n) is 5.23. The van der Waals surface area contributed by atoms with Gasteiger partial charge in [0.15, 0.2) is 0 Å². The number of hydrazine groups is 1. The van der Waals surface area contributed by atoms with E-state index in [0.717, 1.165) is 5.69 Å². The molecule has 3 rings (SSSR count). The van der Waals surface area contributed by atoms with Crippen LogP contribution in [-0.2, 0) is 0 Å². The van der Waals surface area contributed by atoms with Crippen molar-refractivity contribution in [2.24, 2.45) is 0 Å². The Morgan fingerprint density at radius 3 is 2.38 bits per heavy atom. The van der Waals surface area contributed by atoms with Crippen LogP contribution in [0, 0.1) is 13.8 Å². The number of carbonyl (C=O) groups excluding carboxylic acids is 2. The number of amides is 2. The SMILES string of the molecule is Cc1cc(C(=O)NNC(=O)c2ccc(-n3cccn3)cc2)c(C)o1. The van der Waals surface area contributed by atoms with Gasteiger partial charge in [0.05, 0.1) is 11.3 Å². The van der Waals surface area contributed by atoms with Gasteiger partial charge in [0.25, 0.3) is 11.8 Å². The first-order valence-corrected chi connectivity index (χ1v) is 7.32. The largest absolute Gasteiger partial charge is 0.466 e. The zero-order valence-corrected chi connectivity index (χ0v) is 13.2. The summed E-state index contributed by atoms with van der Waals surface area (Å²) >= 11 is 0. The zero-order valence-electron chi connectivity index (χ0n) is 13.2. The molecule has 2 amide bonds. The Morgan fingerprint density at radius 1 is 1.08 bits per heavy atom. The number of aromatic nitrogens is 2. The minimum atomic E-state index is -0.425. The van der Waals surface area contributed by atoms with Crippen LogP contribution in [0.5, 0.6) is 0 Å². The molecule has 0 bridgehead atoms. The monoisotopic (exact) mass is 324 g/mol. The van der Waals surface area contributed by atoms with Gasteiger partial charge >= 0.3 is 0 Å². The summed E-state index contributed by atoms with van der Waals surface area (Å²) in [4.78, 5) is 24.1. The molecule has 1 aromatic carbocycles. The van der Waals surface area contributed by atoms with Crippen molar-refractivity contribution in [1.29, 1.82) is 0 Å². The highest BCUT2D eigenvalue weighted by Gasteiger charge is 2.14. The molecule has 0 aliphatic rings. The number of rotatable bonds is 3. The van der Waals surface area contributed by atoms with E-state index in [1.165, 1.54) is 0 Å².